The molecule has 5 nitrogen and oxygen atoms in total. The van der Waals surface area contributed by atoms with E-state index in [1.165, 1.54) is 30.3 Å². The summed E-state index contributed by atoms with van der Waals surface area (Å²) in [4.78, 5) is 23.4. The van der Waals surface area contributed by atoms with Gasteiger partial charge in [-0.15, -0.1) is 0 Å². The summed E-state index contributed by atoms with van der Waals surface area (Å²) in [5.41, 5.74) is 0.403. The van der Waals surface area contributed by atoms with Crippen molar-refractivity contribution in [2.24, 2.45) is 0 Å². The summed E-state index contributed by atoms with van der Waals surface area (Å²) in [7, 11) is 0. The van der Waals surface area contributed by atoms with Gasteiger partial charge in [-0.25, -0.2) is 9.18 Å². The molecule has 0 bridgehead atoms. The van der Waals surface area contributed by atoms with Crippen LogP contribution in [0.1, 0.15) is 10.4 Å². The summed E-state index contributed by atoms with van der Waals surface area (Å²) < 4.78 is 18.2. The molecule has 0 saturated heterocycles. The third-order valence-corrected chi connectivity index (χ3v) is 3.57. The Hall–Kier alpha value is -3.41. The summed E-state index contributed by atoms with van der Waals surface area (Å²) >= 11 is 0. The number of nitrogens with one attached hydrogen (secondary N) is 1. The quantitative estimate of drug-likeness (QED) is 0.743. The van der Waals surface area contributed by atoms with Gasteiger partial charge < -0.3 is 15.2 Å². The molecule has 0 aromatic heterocycles. The molecule has 0 unspecified atom stereocenters. The van der Waals surface area contributed by atoms with Gasteiger partial charge in [-0.1, -0.05) is 24.3 Å². The molecule has 0 aliphatic rings. The number of carbonyl (C=O) groups excluding carboxylic acids is 1. The third-order valence-electron chi connectivity index (χ3n) is 3.57. The van der Waals surface area contributed by atoms with Crippen molar-refractivity contribution in [3.63, 3.8) is 0 Å². The Bertz CT molecular complexity index is 938. The SMILES string of the molecule is O=C(COc1cc2ccccc2cc1C(=O)O)Nc1ccc(F)cc1. The predicted octanol–water partition coefficient (Wildman–Crippen LogP) is 3.69. The van der Waals surface area contributed by atoms with E-state index in [0.29, 0.717) is 5.69 Å². The van der Waals surface area contributed by atoms with E-state index in [2.05, 4.69) is 5.32 Å². The number of benzene rings is 3. The van der Waals surface area contributed by atoms with Crippen LogP contribution in [0.2, 0.25) is 0 Å². The molecule has 0 atom stereocenters. The number of hydrogen-bond acceptors (Lipinski definition) is 3. The van der Waals surface area contributed by atoms with Crippen LogP contribution in [0.3, 0.4) is 0 Å². The first-order chi connectivity index (χ1) is 12.0. The van der Waals surface area contributed by atoms with Gasteiger partial charge in [-0.05, 0) is 47.2 Å². The smallest absolute Gasteiger partial charge is 0.339 e. The first-order valence-electron chi connectivity index (χ1n) is 7.47. The Labute approximate surface area is 142 Å². The molecule has 2 N–H and O–H groups in total. The van der Waals surface area contributed by atoms with Crippen molar-refractivity contribution in [1.82, 2.24) is 0 Å². The first-order valence-corrected chi connectivity index (χ1v) is 7.47. The maximum atomic E-state index is 12.8. The number of carbonyl (C=O) groups is 2. The van der Waals surface area contributed by atoms with Gasteiger partial charge in [0.1, 0.15) is 17.1 Å². The highest BCUT2D eigenvalue weighted by molar-refractivity contribution is 5.98. The lowest BCUT2D eigenvalue weighted by Gasteiger charge is -2.11. The second-order valence-corrected chi connectivity index (χ2v) is 5.34. The van der Waals surface area contributed by atoms with Crippen molar-refractivity contribution in [3.05, 3.63) is 72.0 Å². The highest BCUT2D eigenvalue weighted by Crippen LogP contribution is 2.26. The van der Waals surface area contributed by atoms with Crippen molar-refractivity contribution in [2.75, 3.05) is 11.9 Å². The summed E-state index contributed by atoms with van der Waals surface area (Å²) in [6, 6.07) is 15.6. The van der Waals surface area contributed by atoms with Crippen LogP contribution in [0, 0.1) is 5.82 Å². The maximum Gasteiger partial charge on any atom is 0.339 e. The average Bonchev–Trinajstić information content (AvgIpc) is 2.61. The molecule has 0 fully saturated rings. The molecule has 3 aromatic rings. The summed E-state index contributed by atoms with van der Waals surface area (Å²) in [5.74, 6) is -1.91. The molecule has 0 aliphatic carbocycles. The Morgan fingerprint density at radius 3 is 2.28 bits per heavy atom. The molecule has 0 saturated carbocycles. The van der Waals surface area contributed by atoms with Crippen molar-refractivity contribution >= 4 is 28.3 Å². The maximum absolute atomic E-state index is 12.8. The van der Waals surface area contributed by atoms with Gasteiger partial charge in [0.05, 0.1) is 0 Å². The van der Waals surface area contributed by atoms with Gasteiger partial charge in [0, 0.05) is 5.69 Å². The Morgan fingerprint density at radius 2 is 1.64 bits per heavy atom. The van der Waals surface area contributed by atoms with Crippen LogP contribution in [-0.2, 0) is 4.79 Å². The van der Waals surface area contributed by atoms with Crippen LogP contribution in [0.5, 0.6) is 5.75 Å². The minimum absolute atomic E-state index is 0.0201. The van der Waals surface area contributed by atoms with E-state index < -0.39 is 17.7 Å². The molecular weight excluding hydrogens is 325 g/mol. The number of carboxylic acid groups (broad SMARTS) is 1. The second kappa shape index (κ2) is 7.00. The van der Waals surface area contributed by atoms with Gasteiger partial charge in [0.25, 0.3) is 5.91 Å². The lowest BCUT2D eigenvalue weighted by Crippen LogP contribution is -2.20. The zero-order chi connectivity index (χ0) is 17.8. The average molecular weight is 339 g/mol. The molecule has 1 amide bonds. The number of rotatable bonds is 5. The monoisotopic (exact) mass is 339 g/mol. The highest BCUT2D eigenvalue weighted by atomic mass is 19.1. The standard InChI is InChI=1S/C19H14FNO4/c20-14-5-7-15(8-6-14)21-18(22)11-25-17-10-13-4-2-1-3-12(13)9-16(17)19(23)24/h1-10H,11H2,(H,21,22)(H,23,24). The topological polar surface area (TPSA) is 75.6 Å². The summed E-state index contributed by atoms with van der Waals surface area (Å²) in [5, 5.41) is 13.5. The van der Waals surface area contributed by atoms with Crippen LogP contribution in [0.15, 0.2) is 60.7 Å². The van der Waals surface area contributed by atoms with Gasteiger partial charge in [-0.3, -0.25) is 4.79 Å². The van der Waals surface area contributed by atoms with Crippen LogP contribution in [-0.4, -0.2) is 23.6 Å². The summed E-state index contributed by atoms with van der Waals surface area (Å²) in [6.45, 7) is -0.365. The molecule has 0 heterocycles. The van der Waals surface area contributed by atoms with E-state index in [9.17, 15) is 19.1 Å². The summed E-state index contributed by atoms with van der Waals surface area (Å²) in [6.07, 6.45) is 0. The normalized spacial score (nSPS) is 10.4. The molecule has 126 valence electrons. The third kappa shape index (κ3) is 3.92. The lowest BCUT2D eigenvalue weighted by molar-refractivity contribution is -0.118. The van der Waals surface area contributed by atoms with E-state index in [4.69, 9.17) is 4.74 Å². The van der Waals surface area contributed by atoms with Crippen molar-refractivity contribution < 1.29 is 23.8 Å². The fourth-order valence-corrected chi connectivity index (χ4v) is 2.38. The Kier molecular flexibility index (Phi) is 4.61. The number of ether oxygens (including phenoxy) is 1. The molecular formula is C19H14FNO4. The molecule has 3 aromatic carbocycles. The van der Waals surface area contributed by atoms with E-state index in [1.54, 1.807) is 12.1 Å². The van der Waals surface area contributed by atoms with E-state index in [0.717, 1.165) is 10.8 Å². The molecule has 3 rings (SSSR count). The van der Waals surface area contributed by atoms with Crippen molar-refractivity contribution in [1.29, 1.82) is 0 Å². The second-order valence-electron chi connectivity index (χ2n) is 5.34. The Morgan fingerprint density at radius 1 is 1.00 bits per heavy atom. The zero-order valence-electron chi connectivity index (χ0n) is 13.0. The molecule has 25 heavy (non-hydrogen) atoms. The van der Waals surface area contributed by atoms with Crippen LogP contribution >= 0.6 is 0 Å². The number of anilines is 1. The minimum Gasteiger partial charge on any atom is -0.483 e. The number of hydrogen-bond donors (Lipinski definition) is 2. The molecule has 0 aliphatic heterocycles. The van der Waals surface area contributed by atoms with E-state index >= 15 is 0 Å². The van der Waals surface area contributed by atoms with Crippen molar-refractivity contribution in [2.45, 2.75) is 0 Å². The van der Waals surface area contributed by atoms with Crippen LogP contribution < -0.4 is 10.1 Å². The fourth-order valence-electron chi connectivity index (χ4n) is 2.38. The Balaban J connectivity index is 1.75. The van der Waals surface area contributed by atoms with E-state index in [-0.39, 0.29) is 17.9 Å². The lowest BCUT2D eigenvalue weighted by atomic mass is 10.1. The van der Waals surface area contributed by atoms with Gasteiger partial charge in [-0.2, -0.15) is 0 Å². The predicted molar refractivity (Wildman–Crippen MR) is 91.4 cm³/mol. The van der Waals surface area contributed by atoms with Crippen LogP contribution in [0.4, 0.5) is 10.1 Å². The van der Waals surface area contributed by atoms with Gasteiger partial charge in [0.15, 0.2) is 6.61 Å². The van der Waals surface area contributed by atoms with Gasteiger partial charge >= 0.3 is 5.97 Å². The minimum atomic E-state index is -1.14. The highest BCUT2D eigenvalue weighted by Gasteiger charge is 2.14. The largest absolute Gasteiger partial charge is 0.483 e. The van der Waals surface area contributed by atoms with Crippen molar-refractivity contribution in [3.8, 4) is 5.75 Å². The number of aromatic carboxylic acids is 1. The number of halogens is 1. The zero-order valence-corrected chi connectivity index (χ0v) is 13.0. The van der Waals surface area contributed by atoms with Gasteiger partial charge in [0.2, 0.25) is 0 Å². The number of amides is 1. The first kappa shape index (κ1) is 16.4. The van der Waals surface area contributed by atoms with Crippen LogP contribution in [0.25, 0.3) is 10.8 Å². The molecule has 6 heteroatoms. The fraction of sp³-hybridized carbons (Fsp3) is 0.0526. The number of fused-ring (bicyclic) bond motifs is 1. The molecule has 0 spiro atoms. The molecule has 0 radical (unpaired) electrons. The number of carboxylic acids is 1. The van der Waals surface area contributed by atoms with E-state index in [1.807, 2.05) is 18.2 Å².